The Morgan fingerprint density at radius 2 is 2.09 bits per heavy atom. The minimum absolute atomic E-state index is 0.0764. The average Bonchev–Trinajstić information content (AvgIpc) is 3.40. The molecule has 184 valence electrons. The lowest BCUT2D eigenvalue weighted by Crippen LogP contribution is -2.33. The van der Waals surface area contributed by atoms with E-state index in [0.29, 0.717) is 28.8 Å². The highest BCUT2D eigenvalue weighted by atomic mass is 35.5. The van der Waals surface area contributed by atoms with Crippen LogP contribution in [0.4, 0.5) is 5.82 Å². The molecule has 1 aliphatic rings. The summed E-state index contributed by atoms with van der Waals surface area (Å²) in [6.45, 7) is 3.24. The number of rotatable bonds is 7. The molecule has 3 N–H and O–H groups in total. The summed E-state index contributed by atoms with van der Waals surface area (Å²) in [6.07, 6.45) is 4.64. The standard InChI is InChI=1S/C25H28ClN5O4/c1-25(2,32)35-20-12-16(7-5-14-4-6-15-11-18(26)21(27)30-19(15)10-14)34-24(20)31-9-8-17-22(31)28-13-29-23(17)33-3/h4,6,8-11,13,16,20,24,32H,5,7,12H2,1-3H3,(H2,27,30)/t16-,20-,24-/m1/s1. The maximum Gasteiger partial charge on any atom is 0.225 e. The molecule has 4 heterocycles. The largest absolute Gasteiger partial charge is 0.480 e. The molecule has 35 heavy (non-hydrogen) atoms. The third kappa shape index (κ3) is 4.90. The number of ether oxygens (including phenoxy) is 3. The Morgan fingerprint density at radius 3 is 2.86 bits per heavy atom. The number of benzene rings is 1. The first kappa shape index (κ1) is 23.7. The minimum atomic E-state index is -1.30. The van der Waals surface area contributed by atoms with Gasteiger partial charge in [-0.25, -0.2) is 15.0 Å². The van der Waals surface area contributed by atoms with Crippen molar-refractivity contribution in [2.24, 2.45) is 0 Å². The Balaban J connectivity index is 1.37. The van der Waals surface area contributed by atoms with E-state index in [0.717, 1.165) is 34.7 Å². The molecule has 1 saturated heterocycles. The van der Waals surface area contributed by atoms with E-state index < -0.39 is 12.0 Å². The minimum Gasteiger partial charge on any atom is -0.480 e. The van der Waals surface area contributed by atoms with Crippen molar-refractivity contribution < 1.29 is 19.3 Å². The van der Waals surface area contributed by atoms with Gasteiger partial charge in [-0.3, -0.25) is 0 Å². The van der Waals surface area contributed by atoms with Crippen molar-refractivity contribution in [1.82, 2.24) is 19.5 Å². The van der Waals surface area contributed by atoms with Crippen LogP contribution in [0.3, 0.4) is 0 Å². The Labute approximate surface area is 207 Å². The van der Waals surface area contributed by atoms with Gasteiger partial charge in [-0.1, -0.05) is 23.7 Å². The van der Waals surface area contributed by atoms with Crippen LogP contribution in [0.5, 0.6) is 5.88 Å². The van der Waals surface area contributed by atoms with Crippen molar-refractivity contribution in [2.75, 3.05) is 12.8 Å². The van der Waals surface area contributed by atoms with Crippen molar-refractivity contribution >= 4 is 39.4 Å². The first-order valence-corrected chi connectivity index (χ1v) is 11.9. The Bertz CT molecular complexity index is 1370. The summed E-state index contributed by atoms with van der Waals surface area (Å²) in [5.74, 6) is -0.485. The van der Waals surface area contributed by atoms with Gasteiger partial charge < -0.3 is 29.6 Å². The highest BCUT2D eigenvalue weighted by Gasteiger charge is 2.40. The lowest BCUT2D eigenvalue weighted by atomic mass is 10.0. The molecule has 5 rings (SSSR count). The fourth-order valence-electron chi connectivity index (χ4n) is 4.62. The maximum atomic E-state index is 10.4. The number of nitrogens with zero attached hydrogens (tertiary/aromatic N) is 4. The summed E-state index contributed by atoms with van der Waals surface area (Å²) in [5.41, 5.74) is 8.50. The monoisotopic (exact) mass is 497 g/mol. The van der Waals surface area contributed by atoms with E-state index in [9.17, 15) is 5.11 Å². The van der Waals surface area contributed by atoms with Crippen LogP contribution in [0.25, 0.3) is 21.9 Å². The van der Waals surface area contributed by atoms with Crippen LogP contribution in [0, 0.1) is 0 Å². The zero-order valence-corrected chi connectivity index (χ0v) is 20.6. The second-order valence-electron chi connectivity index (χ2n) is 9.25. The first-order chi connectivity index (χ1) is 16.7. The molecule has 0 unspecified atom stereocenters. The van der Waals surface area contributed by atoms with E-state index in [4.69, 9.17) is 31.5 Å². The number of methoxy groups -OCH3 is 1. The van der Waals surface area contributed by atoms with Gasteiger partial charge in [0.15, 0.2) is 12.0 Å². The molecule has 0 spiro atoms. The normalized spacial score (nSPS) is 20.7. The van der Waals surface area contributed by atoms with Crippen molar-refractivity contribution in [1.29, 1.82) is 0 Å². The van der Waals surface area contributed by atoms with Gasteiger partial charge in [-0.2, -0.15) is 0 Å². The van der Waals surface area contributed by atoms with Gasteiger partial charge in [0.05, 0.1) is 29.1 Å². The molecule has 0 radical (unpaired) electrons. The summed E-state index contributed by atoms with van der Waals surface area (Å²) in [6, 6.07) is 9.82. The van der Waals surface area contributed by atoms with Crippen molar-refractivity contribution in [3.8, 4) is 5.88 Å². The first-order valence-electron chi connectivity index (χ1n) is 11.5. The predicted octanol–water partition coefficient (Wildman–Crippen LogP) is 4.26. The SMILES string of the molecule is COc1ncnc2c1ccn2[C@@H]1O[C@H](CCc2ccc3cc(Cl)c(N)nc3c2)C[C@H]1OC(C)(C)O. The van der Waals surface area contributed by atoms with Gasteiger partial charge in [-0.15, -0.1) is 0 Å². The molecule has 1 fully saturated rings. The second kappa shape index (κ2) is 9.23. The fraction of sp³-hybridized carbons (Fsp3) is 0.400. The zero-order chi connectivity index (χ0) is 24.7. The number of anilines is 1. The van der Waals surface area contributed by atoms with Crippen LogP contribution in [-0.4, -0.2) is 49.7 Å². The number of aryl methyl sites for hydroxylation is 1. The molecular formula is C25H28ClN5O4. The summed E-state index contributed by atoms with van der Waals surface area (Å²) >= 11 is 6.09. The smallest absolute Gasteiger partial charge is 0.225 e. The van der Waals surface area contributed by atoms with E-state index >= 15 is 0 Å². The molecule has 9 nitrogen and oxygen atoms in total. The molecule has 1 aromatic carbocycles. The number of hydrogen-bond donors (Lipinski definition) is 2. The van der Waals surface area contributed by atoms with Gasteiger partial charge in [-0.05, 0) is 50.5 Å². The van der Waals surface area contributed by atoms with Crippen molar-refractivity contribution in [3.05, 3.63) is 53.4 Å². The topological polar surface area (TPSA) is 118 Å². The molecular weight excluding hydrogens is 470 g/mol. The van der Waals surface area contributed by atoms with Crippen LogP contribution in [0.15, 0.2) is 42.9 Å². The molecule has 0 amide bonds. The molecule has 0 aliphatic carbocycles. The molecule has 1 aliphatic heterocycles. The number of aliphatic hydroxyl groups is 1. The van der Waals surface area contributed by atoms with Gasteiger partial charge in [0.1, 0.15) is 23.9 Å². The van der Waals surface area contributed by atoms with Crippen molar-refractivity contribution in [3.63, 3.8) is 0 Å². The number of nitrogens with two attached hydrogens (primary N) is 1. The Kier molecular flexibility index (Phi) is 6.27. The van der Waals surface area contributed by atoms with E-state index in [1.54, 1.807) is 21.0 Å². The van der Waals surface area contributed by atoms with E-state index in [-0.39, 0.29) is 12.2 Å². The van der Waals surface area contributed by atoms with Crippen LogP contribution >= 0.6 is 11.6 Å². The van der Waals surface area contributed by atoms with Crippen LogP contribution in [0.1, 0.15) is 38.5 Å². The Morgan fingerprint density at radius 1 is 1.26 bits per heavy atom. The summed E-state index contributed by atoms with van der Waals surface area (Å²) < 4.78 is 19.8. The average molecular weight is 498 g/mol. The van der Waals surface area contributed by atoms with Gasteiger partial charge >= 0.3 is 0 Å². The third-order valence-electron chi connectivity index (χ3n) is 6.14. The summed E-state index contributed by atoms with van der Waals surface area (Å²) in [4.78, 5) is 13.0. The predicted molar refractivity (Wildman–Crippen MR) is 133 cm³/mol. The van der Waals surface area contributed by atoms with Gasteiger partial charge in [0.25, 0.3) is 0 Å². The number of pyridine rings is 1. The van der Waals surface area contributed by atoms with E-state index in [1.165, 1.54) is 6.33 Å². The van der Waals surface area contributed by atoms with Crippen LogP contribution < -0.4 is 10.5 Å². The lowest BCUT2D eigenvalue weighted by Gasteiger charge is -2.27. The number of aromatic nitrogens is 4. The number of fused-ring (bicyclic) bond motifs is 2. The highest BCUT2D eigenvalue weighted by molar-refractivity contribution is 6.33. The van der Waals surface area contributed by atoms with Gasteiger partial charge in [0.2, 0.25) is 5.88 Å². The third-order valence-corrected chi connectivity index (χ3v) is 6.45. The number of halogens is 1. The second-order valence-corrected chi connectivity index (χ2v) is 9.66. The highest BCUT2D eigenvalue weighted by Crippen LogP contribution is 2.38. The molecule has 3 aromatic heterocycles. The molecule has 4 aromatic rings. The summed E-state index contributed by atoms with van der Waals surface area (Å²) in [7, 11) is 1.58. The molecule has 0 saturated carbocycles. The molecule has 10 heteroatoms. The Hall–Kier alpha value is -2.98. The molecule has 3 atom stereocenters. The zero-order valence-electron chi connectivity index (χ0n) is 19.8. The maximum absolute atomic E-state index is 10.4. The van der Waals surface area contributed by atoms with E-state index in [1.807, 2.05) is 35.0 Å². The van der Waals surface area contributed by atoms with E-state index in [2.05, 4.69) is 21.0 Å². The number of nitrogen functional groups attached to an aromatic ring is 1. The van der Waals surface area contributed by atoms with Gasteiger partial charge in [0, 0.05) is 18.0 Å². The van der Waals surface area contributed by atoms with Crippen LogP contribution in [0.2, 0.25) is 5.02 Å². The lowest BCUT2D eigenvalue weighted by molar-refractivity contribution is -0.222. The molecule has 0 bridgehead atoms. The summed E-state index contributed by atoms with van der Waals surface area (Å²) in [5, 5.41) is 12.5. The number of hydrogen-bond acceptors (Lipinski definition) is 8. The van der Waals surface area contributed by atoms with Crippen molar-refractivity contribution in [2.45, 2.75) is 57.3 Å². The quantitative estimate of drug-likeness (QED) is 0.364. The van der Waals surface area contributed by atoms with Crippen LogP contribution in [-0.2, 0) is 15.9 Å². The fourth-order valence-corrected chi connectivity index (χ4v) is 4.78.